The second kappa shape index (κ2) is 16.1. The molecule has 2 amide bonds. The van der Waals surface area contributed by atoms with E-state index in [1.165, 1.54) is 36.3 Å². The molecule has 8 nitrogen and oxygen atoms in total. The number of hydrogen-bond acceptors (Lipinski definition) is 5. The van der Waals surface area contributed by atoms with Crippen molar-refractivity contribution in [1.29, 1.82) is 0 Å². The van der Waals surface area contributed by atoms with Crippen molar-refractivity contribution in [3.05, 3.63) is 123 Å². The van der Waals surface area contributed by atoms with Crippen LogP contribution in [0.4, 0.5) is 5.69 Å². The Labute approximate surface area is 296 Å². The van der Waals surface area contributed by atoms with Crippen molar-refractivity contribution in [2.75, 3.05) is 18.0 Å². The predicted molar refractivity (Wildman–Crippen MR) is 190 cm³/mol. The summed E-state index contributed by atoms with van der Waals surface area (Å²) in [7, 11) is -2.94. The molecule has 4 aromatic rings. The number of carbonyl (C=O) groups is 2. The van der Waals surface area contributed by atoms with Crippen LogP contribution >= 0.6 is 34.8 Å². The zero-order chi connectivity index (χ0) is 34.3. The highest BCUT2D eigenvalue weighted by Gasteiger charge is 2.36. The van der Waals surface area contributed by atoms with Crippen LogP contribution in [0, 0.1) is 0 Å². The third-order valence-corrected chi connectivity index (χ3v) is 10.9. The van der Waals surface area contributed by atoms with Gasteiger partial charge in [-0.2, -0.15) is 0 Å². The second-order valence-corrected chi connectivity index (χ2v) is 14.7. The fourth-order valence-electron chi connectivity index (χ4n) is 5.85. The highest BCUT2D eigenvalue weighted by Crippen LogP contribution is 2.35. The van der Waals surface area contributed by atoms with Crippen LogP contribution in [0.2, 0.25) is 15.1 Å². The molecule has 0 radical (unpaired) electrons. The van der Waals surface area contributed by atoms with Gasteiger partial charge in [0.2, 0.25) is 11.8 Å². The van der Waals surface area contributed by atoms with E-state index in [9.17, 15) is 18.0 Å². The Morgan fingerprint density at radius 2 is 1.50 bits per heavy atom. The van der Waals surface area contributed by atoms with Crippen LogP contribution in [0.1, 0.15) is 36.8 Å². The maximum atomic E-state index is 14.7. The van der Waals surface area contributed by atoms with Crippen LogP contribution in [0.5, 0.6) is 5.75 Å². The van der Waals surface area contributed by atoms with Gasteiger partial charge in [0.15, 0.2) is 0 Å². The van der Waals surface area contributed by atoms with Crippen molar-refractivity contribution in [3.8, 4) is 5.75 Å². The number of halogens is 3. The SMILES string of the molecule is COc1ccc(Cl)cc1N(CC(=O)N(Cc1ccc(Cl)cc1Cl)C(Cc1ccccc1)C(=O)NC1CCCC1)S(=O)(=O)c1ccccc1. The average Bonchev–Trinajstić information content (AvgIpc) is 3.59. The number of hydrogen-bond donors (Lipinski definition) is 1. The lowest BCUT2D eigenvalue weighted by Crippen LogP contribution is -2.54. The Morgan fingerprint density at radius 1 is 0.875 bits per heavy atom. The molecule has 5 rings (SSSR count). The summed E-state index contributed by atoms with van der Waals surface area (Å²) in [5, 5.41) is 4.12. The minimum absolute atomic E-state index is 0.0162. The summed E-state index contributed by atoms with van der Waals surface area (Å²) in [4.78, 5) is 30.3. The summed E-state index contributed by atoms with van der Waals surface area (Å²) in [6.45, 7) is -0.753. The lowest BCUT2D eigenvalue weighted by molar-refractivity contribution is -0.140. The Balaban J connectivity index is 1.61. The number of methoxy groups -OCH3 is 1. The van der Waals surface area contributed by atoms with Crippen molar-refractivity contribution in [3.63, 3.8) is 0 Å². The normalized spacial score (nSPS) is 13.9. The molecule has 0 spiro atoms. The van der Waals surface area contributed by atoms with E-state index in [1.807, 2.05) is 30.3 Å². The van der Waals surface area contributed by atoms with Crippen molar-refractivity contribution in [2.24, 2.45) is 0 Å². The third kappa shape index (κ3) is 8.63. The Bertz CT molecular complexity index is 1840. The van der Waals surface area contributed by atoms with E-state index in [1.54, 1.807) is 42.5 Å². The predicted octanol–water partition coefficient (Wildman–Crippen LogP) is 7.55. The van der Waals surface area contributed by atoms with Gasteiger partial charge in [0, 0.05) is 34.1 Å². The first-order chi connectivity index (χ1) is 23.1. The molecule has 1 fully saturated rings. The zero-order valence-corrected chi connectivity index (χ0v) is 29.4. The molecule has 1 N–H and O–H groups in total. The highest BCUT2D eigenvalue weighted by molar-refractivity contribution is 7.92. The van der Waals surface area contributed by atoms with Crippen molar-refractivity contribution < 1.29 is 22.7 Å². The lowest BCUT2D eigenvalue weighted by Gasteiger charge is -2.34. The standard InChI is InChI=1S/C36H36Cl3N3O5S/c1-47-34-19-18-28(38)22-32(34)42(48(45,46)30-14-6-3-7-15-30)24-35(43)41(23-26-16-17-27(37)21-31(26)39)33(20-25-10-4-2-5-11-25)36(44)40-29-12-8-9-13-29/h2-7,10-11,14-19,21-22,29,33H,8-9,12-13,20,23-24H2,1H3,(H,40,44). The Morgan fingerprint density at radius 3 is 2.15 bits per heavy atom. The van der Waals surface area contributed by atoms with Gasteiger partial charge in [-0.1, -0.05) is 102 Å². The maximum Gasteiger partial charge on any atom is 0.264 e. The zero-order valence-electron chi connectivity index (χ0n) is 26.3. The number of sulfonamides is 1. The second-order valence-electron chi connectivity index (χ2n) is 11.6. The number of nitrogens with zero attached hydrogens (tertiary/aromatic N) is 2. The van der Waals surface area contributed by atoms with Gasteiger partial charge in [-0.3, -0.25) is 13.9 Å². The monoisotopic (exact) mass is 727 g/mol. The first-order valence-electron chi connectivity index (χ1n) is 15.6. The van der Waals surface area contributed by atoms with Crippen molar-refractivity contribution in [2.45, 2.75) is 55.6 Å². The molecule has 1 unspecified atom stereocenters. The van der Waals surface area contributed by atoms with Gasteiger partial charge >= 0.3 is 0 Å². The first kappa shape index (κ1) is 35.5. The molecule has 0 saturated heterocycles. The molecule has 0 bridgehead atoms. The van der Waals surface area contributed by atoms with E-state index < -0.39 is 28.5 Å². The molecule has 252 valence electrons. The number of carbonyl (C=O) groups excluding carboxylic acids is 2. The van der Waals surface area contributed by atoms with Gasteiger partial charge in [0.1, 0.15) is 18.3 Å². The minimum atomic E-state index is -4.34. The molecule has 48 heavy (non-hydrogen) atoms. The van der Waals surface area contributed by atoms with E-state index in [-0.39, 0.29) is 46.3 Å². The quantitative estimate of drug-likeness (QED) is 0.154. The van der Waals surface area contributed by atoms with Gasteiger partial charge in [-0.25, -0.2) is 8.42 Å². The Hall–Kier alpha value is -3.76. The minimum Gasteiger partial charge on any atom is -0.495 e. The van der Waals surface area contributed by atoms with Crippen LogP contribution in [-0.2, 0) is 32.6 Å². The van der Waals surface area contributed by atoms with E-state index >= 15 is 0 Å². The van der Waals surface area contributed by atoms with Crippen LogP contribution in [0.25, 0.3) is 0 Å². The molecular weight excluding hydrogens is 693 g/mol. The number of anilines is 1. The molecule has 0 aromatic heterocycles. The largest absolute Gasteiger partial charge is 0.495 e. The Kier molecular flexibility index (Phi) is 11.9. The molecule has 12 heteroatoms. The fraction of sp³-hybridized carbons (Fsp3) is 0.278. The summed E-state index contributed by atoms with van der Waals surface area (Å²) in [6.07, 6.45) is 3.88. The molecule has 0 aliphatic heterocycles. The number of benzene rings is 4. The summed E-state index contributed by atoms with van der Waals surface area (Å²) in [5.41, 5.74) is 1.44. The summed E-state index contributed by atoms with van der Waals surface area (Å²) >= 11 is 19.2. The van der Waals surface area contributed by atoms with E-state index in [0.29, 0.717) is 15.6 Å². The molecule has 1 aliphatic rings. The molecule has 1 saturated carbocycles. The van der Waals surface area contributed by atoms with Gasteiger partial charge < -0.3 is 15.0 Å². The van der Waals surface area contributed by atoms with Gasteiger partial charge in [-0.05, 0) is 66.4 Å². The van der Waals surface area contributed by atoms with E-state index in [0.717, 1.165) is 35.6 Å². The molecule has 4 aromatic carbocycles. The van der Waals surface area contributed by atoms with Gasteiger partial charge in [0.25, 0.3) is 10.0 Å². The molecule has 1 aliphatic carbocycles. The number of amides is 2. The first-order valence-corrected chi connectivity index (χ1v) is 18.1. The lowest BCUT2D eigenvalue weighted by atomic mass is 10.0. The molecule has 1 atom stereocenters. The van der Waals surface area contributed by atoms with Crippen LogP contribution in [-0.4, -0.2) is 50.9 Å². The summed E-state index contributed by atoms with van der Waals surface area (Å²) < 4.78 is 35.1. The van der Waals surface area contributed by atoms with Crippen LogP contribution in [0.15, 0.2) is 102 Å². The smallest absolute Gasteiger partial charge is 0.264 e. The van der Waals surface area contributed by atoms with E-state index in [2.05, 4.69) is 5.32 Å². The number of ether oxygens (including phenoxy) is 1. The summed E-state index contributed by atoms with van der Waals surface area (Å²) in [6, 6.07) is 25.6. The van der Waals surface area contributed by atoms with Crippen LogP contribution < -0.4 is 14.4 Å². The molecular formula is C36H36Cl3N3O5S. The van der Waals surface area contributed by atoms with Crippen molar-refractivity contribution in [1.82, 2.24) is 10.2 Å². The highest BCUT2D eigenvalue weighted by atomic mass is 35.5. The van der Waals surface area contributed by atoms with Crippen molar-refractivity contribution >= 4 is 62.3 Å². The number of nitrogens with one attached hydrogen (secondary N) is 1. The van der Waals surface area contributed by atoms with Gasteiger partial charge in [-0.15, -0.1) is 0 Å². The third-order valence-electron chi connectivity index (χ3n) is 8.35. The van der Waals surface area contributed by atoms with Gasteiger partial charge in [0.05, 0.1) is 17.7 Å². The van der Waals surface area contributed by atoms with Crippen LogP contribution in [0.3, 0.4) is 0 Å². The molecule has 0 heterocycles. The fourth-order valence-corrected chi connectivity index (χ4v) is 7.92. The average molecular weight is 729 g/mol. The van der Waals surface area contributed by atoms with E-state index in [4.69, 9.17) is 39.5 Å². The number of rotatable bonds is 13. The summed E-state index contributed by atoms with van der Waals surface area (Å²) in [5.74, 6) is -0.772. The maximum absolute atomic E-state index is 14.7. The topological polar surface area (TPSA) is 96.0 Å².